The van der Waals surface area contributed by atoms with E-state index in [0.717, 1.165) is 11.8 Å². The van der Waals surface area contributed by atoms with E-state index in [-0.39, 0.29) is 22.9 Å². The number of nitro groups is 1. The Morgan fingerprint density at radius 1 is 1.19 bits per heavy atom. The van der Waals surface area contributed by atoms with E-state index >= 15 is 0 Å². The molecule has 7 nitrogen and oxygen atoms in total. The molecule has 0 aliphatic heterocycles. The second-order valence-corrected chi connectivity index (χ2v) is 5.99. The summed E-state index contributed by atoms with van der Waals surface area (Å²) in [6, 6.07) is 16.6. The minimum Gasteiger partial charge on any atom is -0.325 e. The van der Waals surface area contributed by atoms with Crippen LogP contribution in [0.3, 0.4) is 0 Å². The molecule has 0 aliphatic rings. The zero-order valence-electron chi connectivity index (χ0n) is 13.4. The number of allylic oxidation sites excluding steroid dienone is 1. The van der Waals surface area contributed by atoms with E-state index in [1.54, 1.807) is 42.5 Å². The first-order valence-corrected chi connectivity index (χ1v) is 8.30. The number of benzene rings is 2. The van der Waals surface area contributed by atoms with Crippen molar-refractivity contribution in [3.05, 3.63) is 69.8 Å². The molecular weight excluding hydrogens is 352 g/mol. The van der Waals surface area contributed by atoms with E-state index in [4.69, 9.17) is 10.5 Å². The van der Waals surface area contributed by atoms with Gasteiger partial charge in [0, 0.05) is 11.8 Å². The van der Waals surface area contributed by atoms with E-state index < -0.39 is 4.92 Å². The third-order valence-corrected chi connectivity index (χ3v) is 4.21. The maximum Gasteiger partial charge on any atom is 0.283 e. The number of amides is 1. The predicted octanol–water partition coefficient (Wildman–Crippen LogP) is 3.76. The summed E-state index contributed by atoms with van der Waals surface area (Å²) < 4.78 is 0. The van der Waals surface area contributed by atoms with Crippen molar-refractivity contribution < 1.29 is 9.72 Å². The highest BCUT2D eigenvalue weighted by molar-refractivity contribution is 8.00. The number of thioether (sulfide) groups is 1. The maximum atomic E-state index is 12.0. The van der Waals surface area contributed by atoms with Crippen LogP contribution in [0.5, 0.6) is 0 Å². The van der Waals surface area contributed by atoms with Gasteiger partial charge in [0.15, 0.2) is 0 Å². The van der Waals surface area contributed by atoms with Crippen molar-refractivity contribution in [1.82, 2.24) is 0 Å². The summed E-state index contributed by atoms with van der Waals surface area (Å²) in [7, 11) is 0. The van der Waals surface area contributed by atoms with Crippen LogP contribution < -0.4 is 5.32 Å². The topological polar surface area (TPSA) is 120 Å². The van der Waals surface area contributed by atoms with Gasteiger partial charge in [0.25, 0.3) is 5.69 Å². The van der Waals surface area contributed by atoms with Crippen LogP contribution in [0.25, 0.3) is 6.08 Å². The average Bonchev–Trinajstić information content (AvgIpc) is 2.65. The molecule has 0 aromatic heterocycles. The summed E-state index contributed by atoms with van der Waals surface area (Å²) in [5, 5.41) is 31.5. The van der Waals surface area contributed by atoms with Crippen LogP contribution in [0, 0.1) is 32.8 Å². The largest absolute Gasteiger partial charge is 0.325 e. The van der Waals surface area contributed by atoms with Crippen molar-refractivity contribution in [2.45, 2.75) is 4.90 Å². The molecule has 0 unspecified atom stereocenters. The predicted molar refractivity (Wildman–Crippen MR) is 98.1 cm³/mol. The van der Waals surface area contributed by atoms with Gasteiger partial charge in [-0.2, -0.15) is 10.5 Å². The minimum atomic E-state index is -0.562. The van der Waals surface area contributed by atoms with Crippen molar-refractivity contribution in [2.24, 2.45) is 0 Å². The summed E-state index contributed by atoms with van der Waals surface area (Å²) in [6.07, 6.45) is 1.27. The summed E-state index contributed by atoms with van der Waals surface area (Å²) in [4.78, 5) is 23.0. The molecule has 0 saturated heterocycles. The van der Waals surface area contributed by atoms with Crippen LogP contribution in [0.1, 0.15) is 5.56 Å². The Morgan fingerprint density at radius 3 is 2.50 bits per heavy atom. The Labute approximate surface area is 153 Å². The zero-order chi connectivity index (χ0) is 18.9. The van der Waals surface area contributed by atoms with Crippen LogP contribution in [0.2, 0.25) is 0 Å². The molecule has 0 heterocycles. The number of anilines is 1. The summed E-state index contributed by atoms with van der Waals surface area (Å²) in [6.45, 7) is 0. The molecule has 0 fully saturated rings. The first kappa shape index (κ1) is 18.7. The molecule has 0 atom stereocenters. The van der Waals surface area contributed by atoms with Gasteiger partial charge < -0.3 is 5.32 Å². The Bertz CT molecular complexity index is 927. The molecule has 0 spiro atoms. The van der Waals surface area contributed by atoms with Gasteiger partial charge in [-0.1, -0.05) is 24.3 Å². The molecule has 1 N–H and O–H groups in total. The molecule has 0 radical (unpaired) electrons. The minimum absolute atomic E-state index is 0.00651. The average molecular weight is 364 g/mol. The quantitative estimate of drug-likeness (QED) is 0.361. The van der Waals surface area contributed by atoms with Crippen LogP contribution in [0.4, 0.5) is 11.4 Å². The van der Waals surface area contributed by atoms with Gasteiger partial charge in [-0.15, -0.1) is 11.8 Å². The number of nitrogens with one attached hydrogen (secondary N) is 1. The third kappa shape index (κ3) is 5.20. The lowest BCUT2D eigenvalue weighted by molar-refractivity contribution is -0.387. The van der Waals surface area contributed by atoms with Gasteiger partial charge in [0.2, 0.25) is 5.91 Å². The van der Waals surface area contributed by atoms with E-state index in [0.29, 0.717) is 16.1 Å². The smallest absolute Gasteiger partial charge is 0.283 e. The van der Waals surface area contributed by atoms with Crippen molar-refractivity contribution in [1.29, 1.82) is 10.5 Å². The lowest BCUT2D eigenvalue weighted by atomic mass is 10.1. The summed E-state index contributed by atoms with van der Waals surface area (Å²) in [5.74, 6) is -0.275. The van der Waals surface area contributed by atoms with Gasteiger partial charge in [-0.25, -0.2) is 0 Å². The normalized spacial score (nSPS) is 9.46. The van der Waals surface area contributed by atoms with Crippen molar-refractivity contribution in [3.8, 4) is 12.1 Å². The van der Waals surface area contributed by atoms with E-state index in [2.05, 4.69) is 5.32 Å². The standard InChI is InChI=1S/C18H12N4O3S/c19-10-14(11-20)8-13-6-7-17(16(9-13)22(24)25)26-12-18(23)21-15-4-2-1-3-5-15/h1-9H,12H2,(H,21,23). The van der Waals surface area contributed by atoms with Crippen molar-refractivity contribution >= 4 is 35.1 Å². The molecule has 8 heteroatoms. The van der Waals surface area contributed by atoms with E-state index in [1.807, 2.05) is 6.07 Å². The second-order valence-electron chi connectivity index (χ2n) is 4.97. The SMILES string of the molecule is N#CC(C#N)=Cc1ccc(SCC(=O)Nc2ccccc2)c([N+](=O)[O-])c1. The number of rotatable bonds is 6. The number of hydrogen-bond acceptors (Lipinski definition) is 6. The number of nitriles is 2. The lowest BCUT2D eigenvalue weighted by Crippen LogP contribution is -2.13. The number of para-hydroxylation sites is 1. The van der Waals surface area contributed by atoms with Gasteiger partial charge >= 0.3 is 0 Å². The van der Waals surface area contributed by atoms with Gasteiger partial charge in [0.05, 0.1) is 15.6 Å². The molecule has 2 aromatic carbocycles. The molecule has 2 aromatic rings. The molecule has 0 bridgehead atoms. The Kier molecular flexibility index (Phi) is 6.49. The molecule has 0 saturated carbocycles. The number of carbonyl (C=O) groups excluding carboxylic acids is 1. The Morgan fingerprint density at radius 2 is 1.88 bits per heavy atom. The van der Waals surface area contributed by atoms with Gasteiger partial charge in [-0.05, 0) is 29.8 Å². The van der Waals surface area contributed by atoms with Crippen molar-refractivity contribution in [2.75, 3.05) is 11.1 Å². The molecular formula is C18H12N4O3S. The van der Waals surface area contributed by atoms with Crippen LogP contribution in [-0.2, 0) is 4.79 Å². The third-order valence-electron chi connectivity index (χ3n) is 3.15. The van der Waals surface area contributed by atoms with Crippen molar-refractivity contribution in [3.63, 3.8) is 0 Å². The zero-order valence-corrected chi connectivity index (χ0v) is 14.2. The van der Waals surface area contributed by atoms with Gasteiger partial charge in [0.1, 0.15) is 17.7 Å². The number of nitrogens with zero attached hydrogens (tertiary/aromatic N) is 3. The van der Waals surface area contributed by atoms with Gasteiger partial charge in [-0.3, -0.25) is 14.9 Å². The number of carbonyl (C=O) groups is 1. The first-order chi connectivity index (χ1) is 12.5. The fraction of sp³-hybridized carbons (Fsp3) is 0.0556. The first-order valence-electron chi connectivity index (χ1n) is 7.31. The monoisotopic (exact) mass is 364 g/mol. The molecule has 1 amide bonds. The van der Waals surface area contributed by atoms with E-state index in [9.17, 15) is 14.9 Å². The molecule has 128 valence electrons. The Balaban J connectivity index is 2.13. The van der Waals surface area contributed by atoms with E-state index in [1.165, 1.54) is 18.2 Å². The van der Waals surface area contributed by atoms with Crippen LogP contribution >= 0.6 is 11.8 Å². The lowest BCUT2D eigenvalue weighted by Gasteiger charge is -2.06. The Hall–Kier alpha value is -3.62. The highest BCUT2D eigenvalue weighted by atomic mass is 32.2. The highest BCUT2D eigenvalue weighted by Gasteiger charge is 2.16. The fourth-order valence-electron chi connectivity index (χ4n) is 2.01. The number of hydrogen-bond donors (Lipinski definition) is 1. The van der Waals surface area contributed by atoms with Crippen LogP contribution in [-0.4, -0.2) is 16.6 Å². The fourth-order valence-corrected chi connectivity index (χ4v) is 2.81. The van der Waals surface area contributed by atoms with Crippen LogP contribution in [0.15, 0.2) is 59.0 Å². The second kappa shape index (κ2) is 9.02. The molecule has 2 rings (SSSR count). The molecule has 0 aliphatic carbocycles. The molecule has 26 heavy (non-hydrogen) atoms. The summed E-state index contributed by atoms with van der Waals surface area (Å²) in [5.41, 5.74) is 0.676. The maximum absolute atomic E-state index is 12.0. The number of nitro benzene ring substituents is 1. The summed E-state index contributed by atoms with van der Waals surface area (Å²) >= 11 is 1.04. The highest BCUT2D eigenvalue weighted by Crippen LogP contribution is 2.30.